The highest BCUT2D eigenvalue weighted by molar-refractivity contribution is 9.10. The summed E-state index contributed by atoms with van der Waals surface area (Å²) in [6, 6.07) is 8.55. The molecular weight excluding hydrogens is 306 g/mol. The van der Waals surface area contributed by atoms with Gasteiger partial charge in [-0.1, -0.05) is 33.2 Å². The van der Waals surface area contributed by atoms with Crippen LogP contribution >= 0.6 is 15.9 Å². The molecule has 0 saturated carbocycles. The lowest BCUT2D eigenvalue weighted by molar-refractivity contribution is 0.211. The molecule has 5 heteroatoms. The molecule has 1 aromatic carbocycles. The van der Waals surface area contributed by atoms with E-state index in [4.69, 9.17) is 4.52 Å². The van der Waals surface area contributed by atoms with Crippen LogP contribution in [0.5, 0.6) is 0 Å². The van der Waals surface area contributed by atoms with Crippen molar-refractivity contribution in [2.24, 2.45) is 0 Å². The van der Waals surface area contributed by atoms with E-state index >= 15 is 0 Å². The summed E-state index contributed by atoms with van der Waals surface area (Å²) in [4.78, 5) is 6.49. The van der Waals surface area contributed by atoms with Crippen LogP contribution in [0.3, 0.4) is 0 Å². The van der Waals surface area contributed by atoms with Crippen molar-refractivity contribution in [2.45, 2.75) is 26.3 Å². The lowest BCUT2D eigenvalue weighted by Crippen LogP contribution is -2.25. The Hall–Kier alpha value is -1.20. The zero-order valence-electron chi connectivity index (χ0n) is 11.4. The Morgan fingerprint density at radius 1 is 1.32 bits per heavy atom. The van der Waals surface area contributed by atoms with Gasteiger partial charge in [0.25, 0.3) is 0 Å². The molecule has 0 radical (unpaired) electrons. The van der Waals surface area contributed by atoms with E-state index in [0.717, 1.165) is 17.4 Å². The monoisotopic (exact) mass is 323 g/mol. The number of hydrogen-bond donors (Lipinski definition) is 0. The third-order valence-electron chi connectivity index (χ3n) is 3.23. The molecule has 0 N–H and O–H groups in total. The molecule has 0 fully saturated rings. The Morgan fingerprint density at radius 2 is 2.00 bits per heavy atom. The lowest BCUT2D eigenvalue weighted by Gasteiger charge is -2.21. The Morgan fingerprint density at radius 3 is 2.58 bits per heavy atom. The van der Waals surface area contributed by atoms with Gasteiger partial charge in [-0.25, -0.2) is 0 Å². The summed E-state index contributed by atoms with van der Waals surface area (Å²) >= 11 is 3.44. The number of benzene rings is 1. The van der Waals surface area contributed by atoms with E-state index in [9.17, 15) is 0 Å². The maximum absolute atomic E-state index is 5.21. The van der Waals surface area contributed by atoms with Gasteiger partial charge in [0.15, 0.2) is 5.82 Å². The molecule has 0 amide bonds. The van der Waals surface area contributed by atoms with E-state index in [2.05, 4.69) is 69.2 Å². The Kier molecular flexibility index (Phi) is 4.71. The summed E-state index contributed by atoms with van der Waals surface area (Å²) in [5.74, 6) is 1.36. The Balaban J connectivity index is 1.90. The van der Waals surface area contributed by atoms with Crippen LogP contribution in [-0.4, -0.2) is 28.6 Å². The minimum absolute atomic E-state index is 0.136. The van der Waals surface area contributed by atoms with Gasteiger partial charge in [0.1, 0.15) is 0 Å². The zero-order chi connectivity index (χ0) is 13.8. The van der Waals surface area contributed by atoms with Gasteiger partial charge < -0.3 is 4.52 Å². The minimum Gasteiger partial charge on any atom is -0.338 e. The van der Waals surface area contributed by atoms with Crippen LogP contribution in [-0.2, 0) is 6.42 Å². The quantitative estimate of drug-likeness (QED) is 0.846. The summed E-state index contributed by atoms with van der Waals surface area (Å²) < 4.78 is 6.32. The number of hydrogen-bond acceptors (Lipinski definition) is 4. The number of rotatable bonds is 5. The fraction of sp³-hybridized carbons (Fsp3) is 0.429. The second kappa shape index (κ2) is 6.30. The smallest absolute Gasteiger partial charge is 0.243 e. The highest BCUT2D eigenvalue weighted by Crippen LogP contribution is 2.17. The Labute approximate surface area is 121 Å². The first kappa shape index (κ1) is 14.2. The van der Waals surface area contributed by atoms with Crippen molar-refractivity contribution in [3.63, 3.8) is 0 Å². The fourth-order valence-electron chi connectivity index (χ4n) is 1.82. The van der Waals surface area contributed by atoms with E-state index in [1.165, 1.54) is 5.56 Å². The van der Waals surface area contributed by atoms with Crippen molar-refractivity contribution in [3.05, 3.63) is 46.0 Å². The third kappa shape index (κ3) is 3.88. The van der Waals surface area contributed by atoms with E-state index in [1.807, 2.05) is 6.92 Å². The highest BCUT2D eigenvalue weighted by Gasteiger charge is 2.17. The van der Waals surface area contributed by atoms with Crippen molar-refractivity contribution in [3.8, 4) is 0 Å². The van der Waals surface area contributed by atoms with Gasteiger partial charge in [-0.15, -0.1) is 0 Å². The second-order valence-electron chi connectivity index (χ2n) is 4.71. The highest BCUT2D eigenvalue weighted by atomic mass is 79.9. The number of aromatic nitrogens is 2. The molecule has 2 rings (SSSR count). The van der Waals surface area contributed by atoms with Gasteiger partial charge in [-0.05, 0) is 45.0 Å². The molecule has 0 bridgehead atoms. The van der Waals surface area contributed by atoms with Crippen molar-refractivity contribution >= 4 is 15.9 Å². The van der Waals surface area contributed by atoms with Gasteiger partial charge in [-0.3, -0.25) is 4.90 Å². The summed E-state index contributed by atoms with van der Waals surface area (Å²) in [7, 11) is 2.07. The minimum atomic E-state index is 0.136. The summed E-state index contributed by atoms with van der Waals surface area (Å²) in [6.45, 7) is 4.86. The molecule has 0 aliphatic carbocycles. The molecule has 102 valence electrons. The second-order valence-corrected chi connectivity index (χ2v) is 5.63. The number of nitrogens with zero attached hydrogens (tertiary/aromatic N) is 3. The maximum atomic E-state index is 5.21. The first-order valence-electron chi connectivity index (χ1n) is 6.31. The van der Waals surface area contributed by atoms with Crippen LogP contribution in [0.2, 0.25) is 0 Å². The van der Waals surface area contributed by atoms with Gasteiger partial charge in [-0.2, -0.15) is 4.98 Å². The number of likely N-dealkylation sites (N-methyl/N-ethyl adjacent to an activating group) is 1. The predicted octanol–water partition coefficient (Wildman–Crippen LogP) is 3.38. The SMILES string of the molecule is Cc1noc([C@@H](C)N(C)CCc2ccc(Br)cc2)n1. The van der Waals surface area contributed by atoms with Crippen molar-refractivity contribution in [1.82, 2.24) is 15.0 Å². The van der Waals surface area contributed by atoms with Crippen molar-refractivity contribution in [1.29, 1.82) is 0 Å². The molecule has 0 aliphatic rings. The van der Waals surface area contributed by atoms with E-state index < -0.39 is 0 Å². The van der Waals surface area contributed by atoms with Crippen LogP contribution in [0.4, 0.5) is 0 Å². The van der Waals surface area contributed by atoms with Crippen LogP contribution in [0.25, 0.3) is 0 Å². The molecular formula is C14H18BrN3O. The largest absolute Gasteiger partial charge is 0.338 e. The topological polar surface area (TPSA) is 42.2 Å². The van der Waals surface area contributed by atoms with Crippen molar-refractivity contribution in [2.75, 3.05) is 13.6 Å². The molecule has 1 aromatic heterocycles. The van der Waals surface area contributed by atoms with Crippen LogP contribution in [0.1, 0.15) is 30.2 Å². The standard InChI is InChI=1S/C14H18BrN3O/c1-10(14-16-11(2)17-19-14)18(3)9-8-12-4-6-13(15)7-5-12/h4-7,10H,8-9H2,1-3H3/t10-/m1/s1. The van der Waals surface area contributed by atoms with Crippen molar-refractivity contribution < 1.29 is 4.52 Å². The third-order valence-corrected chi connectivity index (χ3v) is 3.76. The average molecular weight is 324 g/mol. The normalized spacial score (nSPS) is 12.9. The first-order chi connectivity index (χ1) is 9.06. The molecule has 2 aromatic rings. The van der Waals surface area contributed by atoms with Crippen LogP contribution < -0.4 is 0 Å². The van der Waals surface area contributed by atoms with E-state index in [0.29, 0.717) is 11.7 Å². The molecule has 1 heterocycles. The van der Waals surface area contributed by atoms with Crippen LogP contribution in [0, 0.1) is 6.92 Å². The summed E-state index contributed by atoms with van der Waals surface area (Å²) in [6.07, 6.45) is 1.00. The number of aryl methyl sites for hydroxylation is 1. The predicted molar refractivity (Wildman–Crippen MR) is 77.9 cm³/mol. The van der Waals surface area contributed by atoms with Gasteiger partial charge in [0.05, 0.1) is 6.04 Å². The summed E-state index contributed by atoms with van der Waals surface area (Å²) in [5.41, 5.74) is 1.32. The first-order valence-corrected chi connectivity index (χ1v) is 7.10. The molecule has 0 unspecified atom stereocenters. The lowest BCUT2D eigenvalue weighted by atomic mass is 10.1. The fourth-order valence-corrected chi connectivity index (χ4v) is 2.09. The molecule has 19 heavy (non-hydrogen) atoms. The molecule has 1 atom stereocenters. The molecule has 0 spiro atoms. The molecule has 4 nitrogen and oxygen atoms in total. The van der Waals surface area contributed by atoms with Gasteiger partial charge in [0, 0.05) is 11.0 Å². The molecule has 0 aliphatic heterocycles. The maximum Gasteiger partial charge on any atom is 0.243 e. The molecule has 0 saturated heterocycles. The summed E-state index contributed by atoms with van der Waals surface area (Å²) in [5, 5.41) is 3.83. The average Bonchev–Trinajstić information content (AvgIpc) is 2.83. The van der Waals surface area contributed by atoms with Crippen LogP contribution in [0.15, 0.2) is 33.3 Å². The number of halogens is 1. The van der Waals surface area contributed by atoms with Gasteiger partial charge in [0.2, 0.25) is 5.89 Å². The Bertz CT molecular complexity index is 524. The van der Waals surface area contributed by atoms with E-state index in [-0.39, 0.29) is 6.04 Å². The van der Waals surface area contributed by atoms with Gasteiger partial charge >= 0.3 is 0 Å². The zero-order valence-corrected chi connectivity index (χ0v) is 13.0. The van der Waals surface area contributed by atoms with E-state index in [1.54, 1.807) is 0 Å².